The van der Waals surface area contributed by atoms with E-state index >= 15 is 0 Å². The summed E-state index contributed by atoms with van der Waals surface area (Å²) in [5.74, 6) is -0.691. The number of halogens is 1. The van der Waals surface area contributed by atoms with Gasteiger partial charge in [-0.1, -0.05) is 0 Å². The second-order valence-corrected chi connectivity index (χ2v) is 5.06. The minimum Gasteiger partial charge on any atom is -0.474 e. The number of rotatable bonds is 3. The summed E-state index contributed by atoms with van der Waals surface area (Å²) >= 11 is 0. The molecule has 0 bridgehead atoms. The van der Waals surface area contributed by atoms with E-state index in [9.17, 15) is 9.18 Å². The van der Waals surface area contributed by atoms with E-state index in [4.69, 9.17) is 9.47 Å². The molecule has 2 aromatic heterocycles. The summed E-state index contributed by atoms with van der Waals surface area (Å²) in [6, 6.07) is 2.76. The number of carbonyl (C=O) groups is 1. The quantitative estimate of drug-likeness (QED) is 0.643. The molecule has 0 saturated carbocycles. The third-order valence-corrected chi connectivity index (χ3v) is 3.45. The molecular weight excluding hydrogens is 289 g/mol. The topological polar surface area (TPSA) is 66.2 Å². The normalized spacial score (nSPS) is 16.8. The predicted molar refractivity (Wildman–Crippen MR) is 76.1 cm³/mol. The summed E-state index contributed by atoms with van der Waals surface area (Å²) in [7, 11) is 0. The van der Waals surface area contributed by atoms with Gasteiger partial charge in [0, 0.05) is 24.7 Å². The van der Waals surface area contributed by atoms with Gasteiger partial charge in [0.05, 0.1) is 12.7 Å². The van der Waals surface area contributed by atoms with Gasteiger partial charge in [0.2, 0.25) is 11.8 Å². The SMILES string of the molecule is CCOC(=O)c1c(-c2ccc(F)nc2)nn2c1O[C@@H](C)CC2. The highest BCUT2D eigenvalue weighted by atomic mass is 19.1. The van der Waals surface area contributed by atoms with E-state index < -0.39 is 11.9 Å². The number of hydrogen-bond acceptors (Lipinski definition) is 5. The second-order valence-electron chi connectivity index (χ2n) is 5.06. The largest absolute Gasteiger partial charge is 0.474 e. The number of hydrogen-bond donors (Lipinski definition) is 0. The number of esters is 1. The Bertz CT molecular complexity index is 697. The van der Waals surface area contributed by atoms with Crippen LogP contribution in [0.2, 0.25) is 0 Å². The minimum absolute atomic E-state index is 0.00318. The molecule has 3 rings (SSSR count). The van der Waals surface area contributed by atoms with Crippen LogP contribution in [-0.4, -0.2) is 33.4 Å². The predicted octanol–water partition coefficient (Wildman–Crippen LogP) is 2.43. The van der Waals surface area contributed by atoms with Crippen LogP contribution in [-0.2, 0) is 11.3 Å². The molecule has 0 aromatic carbocycles. The first kappa shape index (κ1) is 14.5. The Balaban J connectivity index is 2.12. The molecule has 0 N–H and O–H groups in total. The van der Waals surface area contributed by atoms with Gasteiger partial charge < -0.3 is 9.47 Å². The number of ether oxygens (including phenoxy) is 2. The first-order valence-electron chi connectivity index (χ1n) is 7.16. The fourth-order valence-electron chi connectivity index (χ4n) is 2.38. The summed E-state index contributed by atoms with van der Waals surface area (Å²) in [4.78, 5) is 15.9. The molecule has 1 atom stereocenters. The molecule has 0 saturated heterocycles. The van der Waals surface area contributed by atoms with E-state index in [1.165, 1.54) is 18.3 Å². The van der Waals surface area contributed by atoms with Crippen molar-refractivity contribution >= 4 is 5.97 Å². The lowest BCUT2D eigenvalue weighted by Gasteiger charge is -2.21. The summed E-state index contributed by atoms with van der Waals surface area (Å²) in [6.07, 6.45) is 2.14. The zero-order valence-corrected chi connectivity index (χ0v) is 12.4. The maximum Gasteiger partial charge on any atom is 0.345 e. The summed E-state index contributed by atoms with van der Waals surface area (Å²) in [5, 5.41) is 4.42. The lowest BCUT2D eigenvalue weighted by atomic mass is 10.1. The van der Waals surface area contributed by atoms with Crippen LogP contribution < -0.4 is 4.74 Å². The highest BCUT2D eigenvalue weighted by molar-refractivity contribution is 5.98. The van der Waals surface area contributed by atoms with E-state index in [0.29, 0.717) is 23.7 Å². The molecule has 1 aliphatic heterocycles. The number of aryl methyl sites for hydroxylation is 1. The van der Waals surface area contributed by atoms with Gasteiger partial charge in [-0.05, 0) is 26.0 Å². The molecule has 7 heteroatoms. The molecule has 116 valence electrons. The van der Waals surface area contributed by atoms with Crippen molar-refractivity contribution < 1.29 is 18.7 Å². The van der Waals surface area contributed by atoms with E-state index in [0.717, 1.165) is 6.42 Å². The number of nitrogens with zero attached hydrogens (tertiary/aromatic N) is 3. The van der Waals surface area contributed by atoms with Crippen LogP contribution in [0.1, 0.15) is 30.6 Å². The number of aromatic nitrogens is 3. The Morgan fingerprint density at radius 2 is 2.36 bits per heavy atom. The molecule has 3 heterocycles. The molecule has 0 unspecified atom stereocenters. The lowest BCUT2D eigenvalue weighted by Crippen LogP contribution is -2.24. The molecule has 0 fully saturated rings. The molecule has 0 amide bonds. The highest BCUT2D eigenvalue weighted by Gasteiger charge is 2.31. The van der Waals surface area contributed by atoms with E-state index in [1.54, 1.807) is 11.6 Å². The van der Waals surface area contributed by atoms with Crippen molar-refractivity contribution in [2.75, 3.05) is 6.61 Å². The van der Waals surface area contributed by atoms with Gasteiger partial charge in [0.15, 0.2) is 0 Å². The van der Waals surface area contributed by atoms with Gasteiger partial charge in [0.25, 0.3) is 0 Å². The van der Waals surface area contributed by atoms with Crippen molar-refractivity contribution in [3.63, 3.8) is 0 Å². The number of carbonyl (C=O) groups excluding carboxylic acids is 1. The van der Waals surface area contributed by atoms with E-state index in [1.807, 2.05) is 6.92 Å². The van der Waals surface area contributed by atoms with Gasteiger partial charge in [-0.25, -0.2) is 14.5 Å². The Labute approximate surface area is 126 Å². The summed E-state index contributed by atoms with van der Waals surface area (Å²) in [6.45, 7) is 4.57. The van der Waals surface area contributed by atoms with Crippen molar-refractivity contribution in [1.29, 1.82) is 0 Å². The minimum atomic E-state index is -0.588. The molecule has 22 heavy (non-hydrogen) atoms. The zero-order chi connectivity index (χ0) is 15.7. The van der Waals surface area contributed by atoms with Gasteiger partial charge >= 0.3 is 5.97 Å². The van der Waals surface area contributed by atoms with Crippen LogP contribution in [0.15, 0.2) is 18.3 Å². The average molecular weight is 305 g/mol. The van der Waals surface area contributed by atoms with Crippen molar-refractivity contribution in [2.24, 2.45) is 0 Å². The van der Waals surface area contributed by atoms with Gasteiger partial charge in [-0.3, -0.25) is 0 Å². The standard InChI is InChI=1S/C15H16FN3O3/c1-3-21-15(20)12-13(10-4-5-11(16)17-8-10)18-19-7-6-9(2)22-14(12)19/h4-5,8-9H,3,6-7H2,1-2H3/t9-/m0/s1. The fraction of sp³-hybridized carbons (Fsp3) is 0.400. The monoisotopic (exact) mass is 305 g/mol. The highest BCUT2D eigenvalue weighted by Crippen LogP contribution is 2.34. The third-order valence-electron chi connectivity index (χ3n) is 3.45. The van der Waals surface area contributed by atoms with E-state index in [-0.39, 0.29) is 18.3 Å². The third kappa shape index (κ3) is 2.54. The Hall–Kier alpha value is -2.44. The first-order valence-corrected chi connectivity index (χ1v) is 7.16. The van der Waals surface area contributed by atoms with Crippen LogP contribution in [0, 0.1) is 5.95 Å². The molecule has 1 aliphatic rings. The Kier molecular flexibility index (Phi) is 3.79. The van der Waals surface area contributed by atoms with Crippen LogP contribution in [0.5, 0.6) is 5.88 Å². The number of fused-ring (bicyclic) bond motifs is 1. The van der Waals surface area contributed by atoms with E-state index in [2.05, 4.69) is 10.1 Å². The molecule has 0 aliphatic carbocycles. The molecular formula is C15H16FN3O3. The molecule has 0 spiro atoms. The van der Waals surface area contributed by atoms with Gasteiger partial charge in [-0.15, -0.1) is 0 Å². The Morgan fingerprint density at radius 1 is 1.55 bits per heavy atom. The molecule has 0 radical (unpaired) electrons. The van der Waals surface area contributed by atoms with Crippen LogP contribution in [0.4, 0.5) is 4.39 Å². The zero-order valence-electron chi connectivity index (χ0n) is 12.4. The van der Waals surface area contributed by atoms with Crippen molar-refractivity contribution in [1.82, 2.24) is 14.8 Å². The fourth-order valence-corrected chi connectivity index (χ4v) is 2.38. The van der Waals surface area contributed by atoms with Crippen LogP contribution in [0.3, 0.4) is 0 Å². The number of pyridine rings is 1. The first-order chi connectivity index (χ1) is 10.6. The second kappa shape index (κ2) is 5.75. The average Bonchev–Trinajstić information content (AvgIpc) is 2.86. The Morgan fingerprint density at radius 3 is 3.05 bits per heavy atom. The molecule has 2 aromatic rings. The van der Waals surface area contributed by atoms with Crippen molar-refractivity contribution in [3.8, 4) is 17.1 Å². The smallest absolute Gasteiger partial charge is 0.345 e. The van der Waals surface area contributed by atoms with Crippen molar-refractivity contribution in [2.45, 2.75) is 32.9 Å². The lowest BCUT2D eigenvalue weighted by molar-refractivity contribution is 0.0515. The van der Waals surface area contributed by atoms with Crippen LogP contribution in [0.25, 0.3) is 11.3 Å². The van der Waals surface area contributed by atoms with Crippen molar-refractivity contribution in [3.05, 3.63) is 29.8 Å². The summed E-state index contributed by atoms with van der Waals surface area (Å²) < 4.78 is 25.5. The van der Waals surface area contributed by atoms with Crippen LogP contribution >= 0.6 is 0 Å². The van der Waals surface area contributed by atoms with Gasteiger partial charge in [0.1, 0.15) is 11.3 Å². The maximum atomic E-state index is 13.0. The van der Waals surface area contributed by atoms with Gasteiger partial charge in [-0.2, -0.15) is 9.49 Å². The summed E-state index contributed by atoms with van der Waals surface area (Å²) in [5.41, 5.74) is 1.21. The molecule has 6 nitrogen and oxygen atoms in total. The maximum absolute atomic E-state index is 13.0.